The van der Waals surface area contributed by atoms with E-state index in [4.69, 9.17) is 5.11 Å². The lowest BCUT2D eigenvalue weighted by molar-refractivity contribution is 0.296. The van der Waals surface area contributed by atoms with Gasteiger partial charge in [0.1, 0.15) is 0 Å². The van der Waals surface area contributed by atoms with Crippen molar-refractivity contribution in [2.45, 2.75) is 26.7 Å². The minimum atomic E-state index is -3.08. The summed E-state index contributed by atoms with van der Waals surface area (Å²) in [6.45, 7) is 4.71. The molecule has 4 nitrogen and oxygen atoms in total. The first-order valence-electron chi connectivity index (χ1n) is 5.64. The van der Waals surface area contributed by atoms with Crippen LogP contribution in [0.1, 0.15) is 26.7 Å². The first kappa shape index (κ1) is 16.2. The first-order valence-corrected chi connectivity index (χ1v) is 8.44. The number of thioether (sulfide) groups is 1. The maximum atomic E-state index is 11.5. The van der Waals surface area contributed by atoms with Crippen molar-refractivity contribution in [1.29, 1.82) is 0 Å². The Bertz CT molecular complexity index is 253. The highest BCUT2D eigenvalue weighted by molar-refractivity contribution is 7.99. The van der Waals surface area contributed by atoms with Crippen LogP contribution >= 0.6 is 11.8 Å². The second kappa shape index (κ2) is 9.27. The van der Waals surface area contributed by atoms with Gasteiger partial charge in [-0.3, -0.25) is 0 Å². The lowest BCUT2D eigenvalue weighted by Crippen LogP contribution is -2.29. The highest BCUT2D eigenvalue weighted by Crippen LogP contribution is 2.03. The first-order chi connectivity index (χ1) is 7.48. The Morgan fingerprint density at radius 1 is 1.31 bits per heavy atom. The van der Waals surface area contributed by atoms with Gasteiger partial charge in [-0.15, -0.1) is 0 Å². The van der Waals surface area contributed by atoms with Crippen molar-refractivity contribution in [3.05, 3.63) is 0 Å². The van der Waals surface area contributed by atoms with E-state index in [1.165, 1.54) is 0 Å². The van der Waals surface area contributed by atoms with Gasteiger partial charge < -0.3 is 5.11 Å². The zero-order chi connectivity index (χ0) is 12.4. The highest BCUT2D eigenvalue weighted by Gasteiger charge is 2.09. The summed E-state index contributed by atoms with van der Waals surface area (Å²) >= 11 is 1.66. The third-order valence-corrected chi connectivity index (χ3v) is 4.47. The van der Waals surface area contributed by atoms with Gasteiger partial charge in [-0.1, -0.05) is 13.8 Å². The van der Waals surface area contributed by atoms with Crippen LogP contribution in [-0.2, 0) is 10.0 Å². The van der Waals surface area contributed by atoms with Crippen LogP contribution in [0.2, 0.25) is 0 Å². The maximum Gasteiger partial charge on any atom is 0.211 e. The molecule has 0 saturated carbocycles. The molecule has 0 heterocycles. The summed E-state index contributed by atoms with van der Waals surface area (Å²) in [5.41, 5.74) is 0. The van der Waals surface area contributed by atoms with Crippen LogP contribution in [0.3, 0.4) is 0 Å². The normalized spacial score (nSPS) is 12.2. The van der Waals surface area contributed by atoms with E-state index in [2.05, 4.69) is 4.72 Å². The Labute approximate surface area is 103 Å². The summed E-state index contributed by atoms with van der Waals surface area (Å²) in [5, 5.41) is 8.55. The molecule has 0 atom stereocenters. The Hall–Kier alpha value is 0.220. The second-order valence-corrected chi connectivity index (χ2v) is 7.24. The van der Waals surface area contributed by atoms with Crippen molar-refractivity contribution >= 4 is 21.8 Å². The number of aliphatic hydroxyl groups excluding tert-OH is 1. The molecule has 0 bridgehead atoms. The molecule has 0 aromatic carbocycles. The summed E-state index contributed by atoms with van der Waals surface area (Å²) in [4.78, 5) is 0. The van der Waals surface area contributed by atoms with Gasteiger partial charge in [-0.2, -0.15) is 11.8 Å². The van der Waals surface area contributed by atoms with Crippen LogP contribution in [0.25, 0.3) is 0 Å². The quantitative estimate of drug-likeness (QED) is 0.582. The van der Waals surface area contributed by atoms with Crippen LogP contribution in [0.5, 0.6) is 0 Å². The van der Waals surface area contributed by atoms with Gasteiger partial charge in [-0.25, -0.2) is 13.1 Å². The van der Waals surface area contributed by atoms with Gasteiger partial charge in [0.05, 0.1) is 5.75 Å². The standard InChI is InChI=1S/C10H23NO3S2/c1-10(2)4-9-16(13,14)11-5-8-15-7-3-6-12/h10-12H,3-9H2,1-2H3. The molecule has 0 aromatic heterocycles. The van der Waals surface area contributed by atoms with E-state index < -0.39 is 10.0 Å². The van der Waals surface area contributed by atoms with Crippen molar-refractivity contribution in [3.63, 3.8) is 0 Å². The molecule has 16 heavy (non-hydrogen) atoms. The maximum absolute atomic E-state index is 11.5. The van der Waals surface area contributed by atoms with E-state index >= 15 is 0 Å². The average Bonchev–Trinajstić information content (AvgIpc) is 2.21. The zero-order valence-electron chi connectivity index (χ0n) is 10.1. The molecule has 6 heteroatoms. The van der Waals surface area contributed by atoms with Crippen LogP contribution in [0.4, 0.5) is 0 Å². The smallest absolute Gasteiger partial charge is 0.211 e. The van der Waals surface area contributed by atoms with Crippen LogP contribution < -0.4 is 4.72 Å². The molecule has 98 valence electrons. The molecule has 0 unspecified atom stereocenters. The molecule has 0 rings (SSSR count). The summed E-state index contributed by atoms with van der Waals surface area (Å²) in [5.74, 6) is 2.27. The van der Waals surface area contributed by atoms with Gasteiger partial charge >= 0.3 is 0 Å². The van der Waals surface area contributed by atoms with E-state index in [1.54, 1.807) is 11.8 Å². The lowest BCUT2D eigenvalue weighted by atomic mass is 10.2. The third kappa shape index (κ3) is 10.7. The molecule has 0 aliphatic rings. The van der Waals surface area contributed by atoms with E-state index in [0.717, 1.165) is 17.9 Å². The van der Waals surface area contributed by atoms with Gasteiger partial charge in [0.25, 0.3) is 0 Å². The van der Waals surface area contributed by atoms with Gasteiger partial charge in [0.15, 0.2) is 0 Å². The van der Waals surface area contributed by atoms with Gasteiger partial charge in [0, 0.05) is 18.9 Å². The Morgan fingerprint density at radius 2 is 2.00 bits per heavy atom. The second-order valence-electron chi connectivity index (χ2n) is 4.09. The molecule has 0 amide bonds. The van der Waals surface area contributed by atoms with Crippen molar-refractivity contribution in [3.8, 4) is 0 Å². The summed E-state index contributed by atoms with van der Waals surface area (Å²) in [6, 6.07) is 0. The van der Waals surface area contributed by atoms with Gasteiger partial charge in [-0.05, 0) is 24.5 Å². The minimum absolute atomic E-state index is 0.202. The molecule has 0 aliphatic carbocycles. The number of aliphatic hydroxyl groups is 1. The SMILES string of the molecule is CC(C)CCS(=O)(=O)NCCSCCCO. The molecular formula is C10H23NO3S2. The van der Waals surface area contributed by atoms with Crippen LogP contribution in [0.15, 0.2) is 0 Å². The fourth-order valence-electron chi connectivity index (χ4n) is 1.00. The number of sulfonamides is 1. The number of hydrogen-bond donors (Lipinski definition) is 2. The fourth-order valence-corrected chi connectivity index (χ4v) is 3.25. The average molecular weight is 269 g/mol. The number of hydrogen-bond acceptors (Lipinski definition) is 4. The highest BCUT2D eigenvalue weighted by atomic mass is 32.2. The predicted molar refractivity (Wildman–Crippen MR) is 70.3 cm³/mol. The molecule has 0 saturated heterocycles. The summed E-state index contributed by atoms with van der Waals surface area (Å²) < 4.78 is 25.5. The predicted octanol–water partition coefficient (Wildman–Crippen LogP) is 1.07. The Kier molecular flexibility index (Phi) is 9.40. The summed E-state index contributed by atoms with van der Waals surface area (Å²) in [7, 11) is -3.08. The topological polar surface area (TPSA) is 66.4 Å². The van der Waals surface area contributed by atoms with Crippen molar-refractivity contribution in [1.82, 2.24) is 4.72 Å². The molecule has 0 aromatic rings. The molecular weight excluding hydrogens is 246 g/mol. The number of nitrogens with one attached hydrogen (secondary N) is 1. The Morgan fingerprint density at radius 3 is 2.56 bits per heavy atom. The largest absolute Gasteiger partial charge is 0.396 e. The third-order valence-electron chi connectivity index (χ3n) is 1.98. The minimum Gasteiger partial charge on any atom is -0.396 e. The Balaban J connectivity index is 3.51. The monoisotopic (exact) mass is 269 g/mol. The van der Waals surface area contributed by atoms with Crippen molar-refractivity contribution < 1.29 is 13.5 Å². The van der Waals surface area contributed by atoms with E-state index in [1.807, 2.05) is 13.8 Å². The summed E-state index contributed by atoms with van der Waals surface area (Å²) in [6.07, 6.45) is 1.47. The van der Waals surface area contributed by atoms with Gasteiger partial charge in [0.2, 0.25) is 10.0 Å². The van der Waals surface area contributed by atoms with E-state index in [9.17, 15) is 8.42 Å². The molecule has 2 N–H and O–H groups in total. The molecule has 0 aliphatic heterocycles. The van der Waals surface area contributed by atoms with E-state index in [0.29, 0.717) is 18.9 Å². The fraction of sp³-hybridized carbons (Fsp3) is 1.00. The lowest BCUT2D eigenvalue weighted by Gasteiger charge is -2.07. The van der Waals surface area contributed by atoms with E-state index in [-0.39, 0.29) is 12.4 Å². The molecule has 0 radical (unpaired) electrons. The molecule has 0 fully saturated rings. The van der Waals surface area contributed by atoms with Crippen LogP contribution in [0, 0.1) is 5.92 Å². The zero-order valence-corrected chi connectivity index (χ0v) is 11.7. The number of rotatable bonds is 10. The van der Waals surface area contributed by atoms with Crippen LogP contribution in [-0.4, -0.2) is 43.9 Å². The van der Waals surface area contributed by atoms with Crippen molar-refractivity contribution in [2.75, 3.05) is 30.4 Å². The molecule has 0 spiro atoms. The van der Waals surface area contributed by atoms with Crippen molar-refractivity contribution in [2.24, 2.45) is 5.92 Å².